The molecule has 16 heavy (non-hydrogen) atoms. The maximum atomic E-state index is 2.45. The molecule has 2 aliphatic carbocycles. The number of hydrogen-bond donors (Lipinski definition) is 0. The lowest BCUT2D eigenvalue weighted by atomic mass is 9.71. The molecule has 0 spiro atoms. The van der Waals surface area contributed by atoms with Crippen LogP contribution in [0.1, 0.15) is 48.5 Å². The summed E-state index contributed by atoms with van der Waals surface area (Å²) in [6, 6.07) is 0. The van der Waals surface area contributed by atoms with Crippen LogP contribution in [0.15, 0.2) is 22.3 Å². The second-order valence-corrected chi connectivity index (χ2v) is 6.24. The Kier molecular flexibility index (Phi) is 2.80. The van der Waals surface area contributed by atoms with Crippen LogP contribution in [0.4, 0.5) is 0 Å². The third kappa shape index (κ3) is 1.35. The predicted octanol–water partition coefficient (Wildman–Crippen LogP) is 4.83. The van der Waals surface area contributed by atoms with Gasteiger partial charge in [-0.15, -0.1) is 0 Å². The van der Waals surface area contributed by atoms with Crippen molar-refractivity contribution in [3.05, 3.63) is 22.3 Å². The third-order valence-corrected chi connectivity index (χ3v) is 5.92. The standard InChI is InChI=1S/C16H26/c1-8-9(2)12(5)16-14(7)10(3)13(6)15(16)11(8)4/h10,13-16H,1-7H3. The molecule has 0 nitrogen and oxygen atoms in total. The molecule has 0 radical (unpaired) electrons. The van der Waals surface area contributed by atoms with Crippen molar-refractivity contribution in [3.8, 4) is 0 Å². The van der Waals surface area contributed by atoms with Gasteiger partial charge in [-0.1, -0.05) is 31.9 Å². The van der Waals surface area contributed by atoms with E-state index in [9.17, 15) is 0 Å². The van der Waals surface area contributed by atoms with Crippen LogP contribution in [0, 0.1) is 29.6 Å². The Hall–Kier alpha value is -0.520. The lowest BCUT2D eigenvalue weighted by molar-refractivity contribution is 0.356. The largest absolute Gasteiger partial charge is 0.0661 e. The number of rotatable bonds is 0. The van der Waals surface area contributed by atoms with E-state index >= 15 is 0 Å². The average Bonchev–Trinajstić information content (AvgIpc) is 2.48. The van der Waals surface area contributed by atoms with Crippen molar-refractivity contribution in [2.45, 2.75) is 48.5 Å². The Bertz CT molecular complexity index is 333. The van der Waals surface area contributed by atoms with Crippen LogP contribution in [0.3, 0.4) is 0 Å². The van der Waals surface area contributed by atoms with Crippen molar-refractivity contribution in [2.75, 3.05) is 0 Å². The fourth-order valence-corrected chi connectivity index (χ4v) is 4.21. The van der Waals surface area contributed by atoms with Gasteiger partial charge in [-0.25, -0.2) is 0 Å². The Labute approximate surface area is 101 Å². The summed E-state index contributed by atoms with van der Waals surface area (Å²) in [6.07, 6.45) is 0. The SMILES string of the molecule is CC1=C(C)C2C(C)C(C)C(C)C2C(C)=C1C. The third-order valence-electron chi connectivity index (χ3n) is 5.92. The van der Waals surface area contributed by atoms with Crippen LogP contribution in [0.2, 0.25) is 0 Å². The van der Waals surface area contributed by atoms with Crippen LogP contribution < -0.4 is 0 Å². The van der Waals surface area contributed by atoms with E-state index < -0.39 is 0 Å². The zero-order valence-corrected chi connectivity index (χ0v) is 11.9. The Morgan fingerprint density at radius 3 is 1.19 bits per heavy atom. The van der Waals surface area contributed by atoms with Gasteiger partial charge in [-0.2, -0.15) is 0 Å². The van der Waals surface area contributed by atoms with Gasteiger partial charge in [-0.3, -0.25) is 0 Å². The first kappa shape index (κ1) is 12.0. The van der Waals surface area contributed by atoms with E-state index in [4.69, 9.17) is 0 Å². The zero-order chi connectivity index (χ0) is 12.2. The van der Waals surface area contributed by atoms with Gasteiger partial charge in [0.15, 0.2) is 0 Å². The van der Waals surface area contributed by atoms with Gasteiger partial charge < -0.3 is 0 Å². The molecule has 0 aromatic carbocycles. The smallest absolute Gasteiger partial charge is 0.0103 e. The van der Waals surface area contributed by atoms with Gasteiger partial charge in [0, 0.05) is 0 Å². The monoisotopic (exact) mass is 218 g/mol. The highest BCUT2D eigenvalue weighted by atomic mass is 14.5. The van der Waals surface area contributed by atoms with Gasteiger partial charge in [0.2, 0.25) is 0 Å². The normalized spacial score (nSPS) is 44.1. The van der Waals surface area contributed by atoms with Gasteiger partial charge in [0.1, 0.15) is 0 Å². The van der Waals surface area contributed by atoms with Crippen molar-refractivity contribution >= 4 is 0 Å². The number of fused-ring (bicyclic) bond motifs is 1. The lowest BCUT2D eigenvalue weighted by Gasteiger charge is -2.34. The van der Waals surface area contributed by atoms with Crippen molar-refractivity contribution in [3.63, 3.8) is 0 Å². The van der Waals surface area contributed by atoms with E-state index in [1.165, 1.54) is 0 Å². The van der Waals surface area contributed by atoms with Crippen LogP contribution in [-0.2, 0) is 0 Å². The molecule has 90 valence electrons. The van der Waals surface area contributed by atoms with Crippen molar-refractivity contribution in [1.82, 2.24) is 0 Å². The fourth-order valence-electron chi connectivity index (χ4n) is 4.21. The van der Waals surface area contributed by atoms with E-state index in [-0.39, 0.29) is 0 Å². The molecule has 0 saturated heterocycles. The topological polar surface area (TPSA) is 0 Å². The molecule has 0 aliphatic heterocycles. The number of allylic oxidation sites excluding steroid dienone is 4. The molecular weight excluding hydrogens is 192 g/mol. The maximum Gasteiger partial charge on any atom is -0.0103 e. The molecule has 4 atom stereocenters. The van der Waals surface area contributed by atoms with Gasteiger partial charge in [0.05, 0.1) is 0 Å². The Morgan fingerprint density at radius 1 is 0.562 bits per heavy atom. The summed E-state index contributed by atoms with van der Waals surface area (Å²) in [6.45, 7) is 16.7. The summed E-state index contributed by atoms with van der Waals surface area (Å²) < 4.78 is 0. The maximum absolute atomic E-state index is 2.45. The molecule has 0 aromatic rings. The van der Waals surface area contributed by atoms with Crippen molar-refractivity contribution < 1.29 is 0 Å². The van der Waals surface area contributed by atoms with E-state index in [0.717, 1.165) is 29.6 Å². The molecule has 0 bridgehead atoms. The average molecular weight is 218 g/mol. The van der Waals surface area contributed by atoms with Crippen LogP contribution in [0.25, 0.3) is 0 Å². The number of hydrogen-bond acceptors (Lipinski definition) is 0. The van der Waals surface area contributed by atoms with Crippen LogP contribution in [0.5, 0.6) is 0 Å². The molecule has 4 unspecified atom stereocenters. The molecular formula is C16H26. The quantitative estimate of drug-likeness (QED) is 0.546. The first-order valence-electron chi connectivity index (χ1n) is 6.73. The summed E-state index contributed by atoms with van der Waals surface area (Å²) in [5.74, 6) is 4.18. The summed E-state index contributed by atoms with van der Waals surface area (Å²) in [5, 5.41) is 0. The molecule has 1 saturated carbocycles. The summed E-state index contributed by atoms with van der Waals surface area (Å²) in [4.78, 5) is 0. The first-order valence-corrected chi connectivity index (χ1v) is 6.73. The minimum atomic E-state index is 0.814. The molecule has 2 aliphatic rings. The molecule has 0 amide bonds. The summed E-state index contributed by atoms with van der Waals surface area (Å²) >= 11 is 0. The highest BCUT2D eigenvalue weighted by Crippen LogP contribution is 2.55. The van der Waals surface area contributed by atoms with Crippen molar-refractivity contribution in [1.29, 1.82) is 0 Å². The van der Waals surface area contributed by atoms with E-state index in [0.29, 0.717) is 0 Å². The molecule has 0 heterocycles. The molecule has 0 N–H and O–H groups in total. The Balaban J connectivity index is 2.54. The highest BCUT2D eigenvalue weighted by molar-refractivity contribution is 5.43. The van der Waals surface area contributed by atoms with E-state index in [1.807, 2.05) is 0 Å². The van der Waals surface area contributed by atoms with E-state index in [2.05, 4.69) is 48.5 Å². The molecule has 2 rings (SSSR count). The zero-order valence-electron chi connectivity index (χ0n) is 11.9. The second-order valence-electron chi connectivity index (χ2n) is 6.24. The first-order chi connectivity index (χ1) is 7.37. The summed E-state index contributed by atoms with van der Waals surface area (Å²) in [5.41, 5.74) is 6.45. The minimum Gasteiger partial charge on any atom is -0.0661 e. The molecule has 0 aromatic heterocycles. The molecule has 0 heteroatoms. The molecule has 1 fully saturated rings. The van der Waals surface area contributed by atoms with Crippen LogP contribution >= 0.6 is 0 Å². The minimum absolute atomic E-state index is 0.814. The van der Waals surface area contributed by atoms with Crippen LogP contribution in [-0.4, -0.2) is 0 Å². The fraction of sp³-hybridized carbons (Fsp3) is 0.750. The second kappa shape index (κ2) is 3.75. The predicted molar refractivity (Wildman–Crippen MR) is 71.2 cm³/mol. The van der Waals surface area contributed by atoms with Gasteiger partial charge >= 0.3 is 0 Å². The lowest BCUT2D eigenvalue weighted by Crippen LogP contribution is -2.24. The Morgan fingerprint density at radius 2 is 0.875 bits per heavy atom. The van der Waals surface area contributed by atoms with Crippen molar-refractivity contribution in [2.24, 2.45) is 29.6 Å². The highest BCUT2D eigenvalue weighted by Gasteiger charge is 2.47. The van der Waals surface area contributed by atoms with Gasteiger partial charge in [0.25, 0.3) is 0 Å². The van der Waals surface area contributed by atoms with E-state index in [1.54, 1.807) is 22.3 Å². The summed E-state index contributed by atoms with van der Waals surface area (Å²) in [7, 11) is 0. The van der Waals surface area contributed by atoms with Gasteiger partial charge in [-0.05, 0) is 68.4 Å².